The number of rotatable bonds is 7. The third kappa shape index (κ3) is 7.91. The van der Waals surface area contributed by atoms with Gasteiger partial charge in [0.2, 0.25) is 5.91 Å². The summed E-state index contributed by atoms with van der Waals surface area (Å²) in [6.07, 6.45) is 10.3. The summed E-state index contributed by atoms with van der Waals surface area (Å²) in [6.45, 7) is 11.2. The Balaban J connectivity index is 0.00000176. The Kier molecular flexibility index (Phi) is 11.0. The molecule has 0 aromatic heterocycles. The number of hydrogen-bond acceptors (Lipinski definition) is 5. The average molecular weight is 374 g/mol. The molecule has 2 aliphatic rings. The molecule has 4 N–H and O–H groups in total. The molecule has 150 valence electrons. The van der Waals surface area contributed by atoms with Gasteiger partial charge in [-0.15, -0.1) is 13.2 Å². The fraction of sp³-hybridized carbons (Fsp3) is 0.571. The van der Waals surface area contributed by atoms with E-state index < -0.39 is 0 Å². The molecular weight excluding hydrogens is 338 g/mol. The topological polar surface area (TPSA) is 94.6 Å². The van der Waals surface area contributed by atoms with Crippen LogP contribution in [0.1, 0.15) is 45.4 Å². The van der Waals surface area contributed by atoms with E-state index in [1.54, 1.807) is 6.20 Å². The van der Waals surface area contributed by atoms with Crippen molar-refractivity contribution in [1.82, 2.24) is 10.2 Å². The van der Waals surface area contributed by atoms with Crippen LogP contribution in [0.3, 0.4) is 0 Å². The van der Waals surface area contributed by atoms with Gasteiger partial charge in [-0.25, -0.2) is 0 Å². The Hall–Kier alpha value is -2.21. The number of hydrogen-bond donors (Lipinski definition) is 3. The van der Waals surface area contributed by atoms with Gasteiger partial charge in [0.15, 0.2) is 0 Å². The number of nitrogens with two attached hydrogens (primary N) is 1. The number of aliphatic imine (C=N–C) groups is 1. The van der Waals surface area contributed by atoms with Crippen molar-refractivity contribution >= 4 is 17.8 Å². The minimum Gasteiger partial charge on any atom is -0.402 e. The Bertz CT molecular complexity index is 573. The monoisotopic (exact) mass is 373 g/mol. The van der Waals surface area contributed by atoms with E-state index in [2.05, 4.69) is 23.5 Å². The van der Waals surface area contributed by atoms with E-state index in [1.807, 2.05) is 24.1 Å². The zero-order chi connectivity index (χ0) is 20.1. The smallest absolute Gasteiger partial charge is 0.223 e. The lowest BCUT2D eigenvalue weighted by Crippen LogP contribution is -2.42. The molecule has 1 amide bonds. The van der Waals surface area contributed by atoms with E-state index >= 15 is 0 Å². The first kappa shape index (κ1) is 22.8. The quantitative estimate of drug-likeness (QED) is 0.473. The molecule has 0 saturated carbocycles. The Morgan fingerprint density at radius 3 is 2.93 bits per heavy atom. The number of carbonyl (C=O) groups is 1. The standard InChI is InChI=1S/C19H31N5O.C2H4/c1-2-8-22-9-4-6-17(20)16-14-24(11-7-18(16)21)19(25)12-15-5-3-10-23-13-15;1-2/h4,8-9,15,20,23H,2-3,5-7,10-14,21H2,1H3;1-2H2/b9-4-,20-17?,22-8?;. The van der Waals surface area contributed by atoms with Gasteiger partial charge in [-0.2, -0.15) is 0 Å². The van der Waals surface area contributed by atoms with Crippen LogP contribution in [0.4, 0.5) is 0 Å². The Morgan fingerprint density at radius 1 is 1.48 bits per heavy atom. The highest BCUT2D eigenvalue weighted by Gasteiger charge is 2.26. The maximum absolute atomic E-state index is 12.6. The second-order valence-electron chi connectivity index (χ2n) is 6.79. The number of amides is 1. The van der Waals surface area contributed by atoms with Crippen LogP contribution < -0.4 is 11.1 Å². The van der Waals surface area contributed by atoms with Gasteiger partial charge in [0, 0.05) is 61.7 Å². The summed E-state index contributed by atoms with van der Waals surface area (Å²) in [4.78, 5) is 18.6. The second kappa shape index (κ2) is 13.0. The molecule has 1 unspecified atom stereocenters. The van der Waals surface area contributed by atoms with Crippen molar-refractivity contribution in [2.75, 3.05) is 26.2 Å². The highest BCUT2D eigenvalue weighted by molar-refractivity contribution is 6.00. The van der Waals surface area contributed by atoms with E-state index in [-0.39, 0.29) is 5.91 Å². The van der Waals surface area contributed by atoms with E-state index in [1.165, 1.54) is 0 Å². The summed E-state index contributed by atoms with van der Waals surface area (Å²) < 4.78 is 0. The van der Waals surface area contributed by atoms with E-state index in [0.29, 0.717) is 44.0 Å². The summed E-state index contributed by atoms with van der Waals surface area (Å²) in [5.41, 5.74) is 8.16. The van der Waals surface area contributed by atoms with Crippen LogP contribution in [-0.2, 0) is 4.79 Å². The first-order valence-electron chi connectivity index (χ1n) is 9.82. The van der Waals surface area contributed by atoms with Crippen LogP contribution in [0.5, 0.6) is 0 Å². The van der Waals surface area contributed by atoms with Crippen molar-refractivity contribution < 1.29 is 4.79 Å². The highest BCUT2D eigenvalue weighted by atomic mass is 16.2. The fourth-order valence-corrected chi connectivity index (χ4v) is 3.28. The summed E-state index contributed by atoms with van der Waals surface area (Å²) in [7, 11) is 0. The Morgan fingerprint density at radius 2 is 2.26 bits per heavy atom. The van der Waals surface area contributed by atoms with Gasteiger partial charge in [0.05, 0.1) is 0 Å². The summed E-state index contributed by atoms with van der Waals surface area (Å²) in [5, 5.41) is 11.7. The van der Waals surface area contributed by atoms with Crippen molar-refractivity contribution in [3.63, 3.8) is 0 Å². The first-order chi connectivity index (χ1) is 13.1. The molecule has 2 rings (SSSR count). The van der Waals surface area contributed by atoms with Crippen molar-refractivity contribution in [3.05, 3.63) is 36.7 Å². The summed E-state index contributed by atoms with van der Waals surface area (Å²) in [6, 6.07) is 0. The van der Waals surface area contributed by atoms with Crippen molar-refractivity contribution in [2.24, 2.45) is 16.6 Å². The molecule has 6 nitrogen and oxygen atoms in total. The third-order valence-corrected chi connectivity index (χ3v) is 4.77. The number of carbonyl (C=O) groups excluding carboxylic acids is 1. The fourth-order valence-electron chi connectivity index (χ4n) is 3.28. The molecule has 6 heteroatoms. The molecular formula is C21H35N5O. The normalized spacial score (nSPS) is 20.6. The van der Waals surface area contributed by atoms with Crippen molar-refractivity contribution in [2.45, 2.75) is 45.4 Å². The molecule has 0 radical (unpaired) electrons. The van der Waals surface area contributed by atoms with E-state index in [4.69, 9.17) is 11.1 Å². The molecule has 1 atom stereocenters. The van der Waals surface area contributed by atoms with Gasteiger partial charge < -0.3 is 21.4 Å². The molecule has 1 fully saturated rings. The van der Waals surface area contributed by atoms with Gasteiger partial charge in [-0.05, 0) is 38.3 Å². The SMILES string of the molecule is C=C.CCC=N/C=C\CC(=N)C1=C(N)CCN(C(=O)CC2CCCNC2)C1. The van der Waals surface area contributed by atoms with Crippen LogP contribution in [0, 0.1) is 11.3 Å². The van der Waals surface area contributed by atoms with Gasteiger partial charge in [0.25, 0.3) is 0 Å². The van der Waals surface area contributed by atoms with Gasteiger partial charge >= 0.3 is 0 Å². The second-order valence-corrected chi connectivity index (χ2v) is 6.79. The number of nitrogens with one attached hydrogen (secondary N) is 2. The third-order valence-electron chi connectivity index (χ3n) is 4.77. The van der Waals surface area contributed by atoms with Crippen LogP contribution in [0.2, 0.25) is 0 Å². The minimum atomic E-state index is 0.189. The van der Waals surface area contributed by atoms with Crippen LogP contribution in [-0.4, -0.2) is 48.9 Å². The Labute approximate surface area is 163 Å². The van der Waals surface area contributed by atoms with Gasteiger partial charge in [0.1, 0.15) is 0 Å². The number of piperidine rings is 1. The predicted octanol–water partition coefficient (Wildman–Crippen LogP) is 3.03. The van der Waals surface area contributed by atoms with Crippen molar-refractivity contribution in [1.29, 1.82) is 5.41 Å². The lowest BCUT2D eigenvalue weighted by molar-refractivity contribution is -0.132. The van der Waals surface area contributed by atoms with Crippen LogP contribution >= 0.6 is 0 Å². The summed E-state index contributed by atoms with van der Waals surface area (Å²) in [5.74, 6) is 0.626. The molecule has 0 aromatic rings. The molecule has 27 heavy (non-hydrogen) atoms. The zero-order valence-electron chi connectivity index (χ0n) is 16.7. The maximum Gasteiger partial charge on any atom is 0.223 e. The average Bonchev–Trinajstić information content (AvgIpc) is 2.70. The number of nitrogens with zero attached hydrogens (tertiary/aromatic N) is 2. The molecule has 0 aromatic carbocycles. The largest absolute Gasteiger partial charge is 0.402 e. The maximum atomic E-state index is 12.6. The van der Waals surface area contributed by atoms with E-state index in [9.17, 15) is 4.79 Å². The van der Waals surface area contributed by atoms with Crippen LogP contribution in [0.15, 0.2) is 41.7 Å². The lowest BCUT2D eigenvalue weighted by atomic mass is 9.94. The molecule has 2 aliphatic heterocycles. The van der Waals surface area contributed by atoms with Gasteiger partial charge in [-0.3, -0.25) is 9.79 Å². The lowest BCUT2D eigenvalue weighted by Gasteiger charge is -2.32. The minimum absolute atomic E-state index is 0.189. The molecule has 0 bridgehead atoms. The van der Waals surface area contributed by atoms with Crippen molar-refractivity contribution in [3.8, 4) is 0 Å². The summed E-state index contributed by atoms with van der Waals surface area (Å²) >= 11 is 0. The zero-order valence-corrected chi connectivity index (χ0v) is 16.7. The highest BCUT2D eigenvalue weighted by Crippen LogP contribution is 2.20. The molecule has 1 saturated heterocycles. The first-order valence-corrected chi connectivity index (χ1v) is 9.82. The molecule has 2 heterocycles. The van der Waals surface area contributed by atoms with E-state index in [0.717, 1.165) is 43.6 Å². The predicted molar refractivity (Wildman–Crippen MR) is 114 cm³/mol. The number of allylic oxidation sites excluding steroid dienone is 1. The van der Waals surface area contributed by atoms with Crippen LogP contribution in [0.25, 0.3) is 0 Å². The molecule has 0 aliphatic carbocycles. The molecule has 0 spiro atoms. The van der Waals surface area contributed by atoms with Gasteiger partial charge in [-0.1, -0.05) is 13.0 Å².